The number of hydrogen-bond donors (Lipinski definition) is 1. The summed E-state index contributed by atoms with van der Waals surface area (Å²) in [6, 6.07) is 13.0. The second-order valence-electron chi connectivity index (χ2n) is 3.68. The van der Waals surface area contributed by atoms with Gasteiger partial charge in [0, 0.05) is 0 Å². The van der Waals surface area contributed by atoms with Gasteiger partial charge in [-0.3, -0.25) is 0 Å². The van der Waals surface area contributed by atoms with Gasteiger partial charge in [0.2, 0.25) is 0 Å². The third kappa shape index (κ3) is 1.64. The zero-order valence-electron chi connectivity index (χ0n) is 8.46. The highest BCUT2D eigenvalue weighted by Crippen LogP contribution is 2.20. The molecule has 0 aromatic heterocycles. The van der Waals surface area contributed by atoms with E-state index in [2.05, 4.69) is 43.3 Å². The summed E-state index contributed by atoms with van der Waals surface area (Å²) in [5.74, 6) is 0. The highest BCUT2D eigenvalue weighted by molar-refractivity contribution is 5.86. The van der Waals surface area contributed by atoms with Crippen LogP contribution >= 0.6 is 0 Å². The number of aryl methyl sites for hydroxylation is 1. The van der Waals surface area contributed by atoms with E-state index in [1.807, 2.05) is 0 Å². The predicted molar refractivity (Wildman–Crippen MR) is 61.4 cm³/mol. The van der Waals surface area contributed by atoms with E-state index in [4.69, 9.17) is 5.73 Å². The summed E-state index contributed by atoms with van der Waals surface area (Å²) >= 11 is 0. The van der Waals surface area contributed by atoms with Gasteiger partial charge in [0.15, 0.2) is 0 Å². The number of hydrogen-bond acceptors (Lipinski definition) is 1. The van der Waals surface area contributed by atoms with Gasteiger partial charge in [-0.25, -0.2) is 0 Å². The smallest absolute Gasteiger partial charge is 0.00365 e. The first-order valence-electron chi connectivity index (χ1n) is 4.99. The highest BCUT2D eigenvalue weighted by Gasteiger charge is 1.99. The Balaban J connectivity index is 2.64. The van der Waals surface area contributed by atoms with Crippen molar-refractivity contribution in [2.45, 2.75) is 13.3 Å². The molecule has 0 atom stereocenters. The second-order valence-corrected chi connectivity index (χ2v) is 3.68. The van der Waals surface area contributed by atoms with Crippen molar-refractivity contribution < 1.29 is 0 Å². The molecular weight excluding hydrogens is 170 g/mol. The second kappa shape index (κ2) is 3.81. The number of rotatable bonds is 2. The molecule has 0 spiro atoms. The SMILES string of the molecule is Cc1ccc2cccc(CCN)c2c1. The first kappa shape index (κ1) is 9.22. The first-order chi connectivity index (χ1) is 6.81. The first-order valence-corrected chi connectivity index (χ1v) is 4.99. The Bertz CT molecular complexity index is 446. The molecule has 0 aliphatic rings. The van der Waals surface area contributed by atoms with Crippen LogP contribution in [0.5, 0.6) is 0 Å². The van der Waals surface area contributed by atoms with Gasteiger partial charge in [-0.2, -0.15) is 0 Å². The largest absolute Gasteiger partial charge is 0.330 e. The van der Waals surface area contributed by atoms with Crippen LogP contribution in [0.15, 0.2) is 36.4 Å². The Labute approximate surface area is 84.5 Å². The Hall–Kier alpha value is -1.34. The minimum absolute atomic E-state index is 0.715. The summed E-state index contributed by atoms with van der Waals surface area (Å²) in [5.41, 5.74) is 8.25. The van der Waals surface area contributed by atoms with Crippen LogP contribution in [0.4, 0.5) is 0 Å². The fraction of sp³-hybridized carbons (Fsp3) is 0.231. The molecule has 0 radical (unpaired) electrons. The van der Waals surface area contributed by atoms with E-state index in [1.165, 1.54) is 21.9 Å². The molecule has 0 fully saturated rings. The van der Waals surface area contributed by atoms with Gasteiger partial charge in [0.25, 0.3) is 0 Å². The molecule has 2 aromatic rings. The van der Waals surface area contributed by atoms with Crippen LogP contribution in [0.3, 0.4) is 0 Å². The molecule has 0 heterocycles. The lowest BCUT2D eigenvalue weighted by atomic mass is 10.0. The van der Waals surface area contributed by atoms with E-state index in [0.717, 1.165) is 6.42 Å². The molecule has 1 nitrogen and oxygen atoms in total. The topological polar surface area (TPSA) is 26.0 Å². The summed E-state index contributed by atoms with van der Waals surface area (Å²) in [4.78, 5) is 0. The van der Waals surface area contributed by atoms with Crippen molar-refractivity contribution in [1.82, 2.24) is 0 Å². The summed E-state index contributed by atoms with van der Waals surface area (Å²) in [5, 5.41) is 2.65. The lowest BCUT2D eigenvalue weighted by Gasteiger charge is -2.05. The Morgan fingerprint density at radius 2 is 2.00 bits per heavy atom. The van der Waals surface area contributed by atoms with Crippen molar-refractivity contribution in [3.63, 3.8) is 0 Å². The van der Waals surface area contributed by atoms with Crippen LogP contribution in [0, 0.1) is 6.92 Å². The molecular formula is C13H15N. The van der Waals surface area contributed by atoms with E-state index in [1.54, 1.807) is 0 Å². The maximum absolute atomic E-state index is 5.59. The van der Waals surface area contributed by atoms with Crippen molar-refractivity contribution in [3.8, 4) is 0 Å². The third-order valence-corrected chi connectivity index (χ3v) is 2.54. The fourth-order valence-electron chi connectivity index (χ4n) is 1.82. The van der Waals surface area contributed by atoms with Crippen molar-refractivity contribution in [1.29, 1.82) is 0 Å². The van der Waals surface area contributed by atoms with Crippen LogP contribution < -0.4 is 5.73 Å². The lowest BCUT2D eigenvalue weighted by molar-refractivity contribution is 0.977. The van der Waals surface area contributed by atoms with Crippen LogP contribution in [0.25, 0.3) is 10.8 Å². The Kier molecular flexibility index (Phi) is 2.51. The van der Waals surface area contributed by atoms with E-state index in [-0.39, 0.29) is 0 Å². The maximum Gasteiger partial charge on any atom is -0.00365 e. The number of nitrogens with two attached hydrogens (primary N) is 1. The zero-order valence-corrected chi connectivity index (χ0v) is 8.46. The summed E-state index contributed by atoms with van der Waals surface area (Å²) < 4.78 is 0. The molecule has 0 aliphatic heterocycles. The molecule has 0 unspecified atom stereocenters. The monoisotopic (exact) mass is 185 g/mol. The molecule has 0 bridgehead atoms. The van der Waals surface area contributed by atoms with E-state index in [0.29, 0.717) is 6.54 Å². The van der Waals surface area contributed by atoms with Crippen LogP contribution in [-0.2, 0) is 6.42 Å². The molecule has 0 aliphatic carbocycles. The van der Waals surface area contributed by atoms with Crippen molar-refractivity contribution >= 4 is 10.8 Å². The quantitative estimate of drug-likeness (QED) is 0.764. The van der Waals surface area contributed by atoms with Gasteiger partial charge in [-0.1, -0.05) is 42.0 Å². The summed E-state index contributed by atoms with van der Waals surface area (Å²) in [7, 11) is 0. The Morgan fingerprint density at radius 1 is 1.14 bits per heavy atom. The predicted octanol–water partition coefficient (Wildman–Crippen LogP) is 2.65. The van der Waals surface area contributed by atoms with Gasteiger partial charge in [0.05, 0.1) is 0 Å². The molecule has 0 amide bonds. The molecule has 0 saturated carbocycles. The maximum atomic E-state index is 5.59. The zero-order chi connectivity index (χ0) is 9.97. The van der Waals surface area contributed by atoms with Gasteiger partial charge < -0.3 is 5.73 Å². The highest BCUT2D eigenvalue weighted by atomic mass is 14.5. The minimum Gasteiger partial charge on any atom is -0.330 e. The van der Waals surface area contributed by atoms with Gasteiger partial charge in [-0.05, 0) is 36.2 Å². The molecule has 2 aromatic carbocycles. The van der Waals surface area contributed by atoms with Gasteiger partial charge in [0.1, 0.15) is 0 Å². The van der Waals surface area contributed by atoms with E-state index in [9.17, 15) is 0 Å². The van der Waals surface area contributed by atoms with E-state index >= 15 is 0 Å². The van der Waals surface area contributed by atoms with Crippen molar-refractivity contribution in [3.05, 3.63) is 47.5 Å². The average Bonchev–Trinajstić information content (AvgIpc) is 2.19. The van der Waals surface area contributed by atoms with Gasteiger partial charge in [-0.15, -0.1) is 0 Å². The fourth-order valence-corrected chi connectivity index (χ4v) is 1.82. The number of benzene rings is 2. The molecule has 72 valence electrons. The van der Waals surface area contributed by atoms with Gasteiger partial charge >= 0.3 is 0 Å². The molecule has 1 heteroatoms. The van der Waals surface area contributed by atoms with Crippen LogP contribution in [0.1, 0.15) is 11.1 Å². The van der Waals surface area contributed by atoms with E-state index < -0.39 is 0 Å². The third-order valence-electron chi connectivity index (χ3n) is 2.54. The summed E-state index contributed by atoms with van der Waals surface area (Å²) in [6.07, 6.45) is 0.959. The molecule has 14 heavy (non-hydrogen) atoms. The summed E-state index contributed by atoms with van der Waals surface area (Å²) in [6.45, 7) is 2.84. The lowest BCUT2D eigenvalue weighted by Crippen LogP contribution is -2.02. The van der Waals surface area contributed by atoms with Crippen LogP contribution in [0.2, 0.25) is 0 Å². The number of fused-ring (bicyclic) bond motifs is 1. The average molecular weight is 185 g/mol. The molecule has 0 saturated heterocycles. The normalized spacial score (nSPS) is 10.7. The minimum atomic E-state index is 0.715. The van der Waals surface area contributed by atoms with Crippen molar-refractivity contribution in [2.75, 3.05) is 6.54 Å². The molecule has 2 rings (SSSR count). The van der Waals surface area contributed by atoms with Crippen molar-refractivity contribution in [2.24, 2.45) is 5.73 Å². The van der Waals surface area contributed by atoms with Crippen LogP contribution in [-0.4, -0.2) is 6.54 Å². The Morgan fingerprint density at radius 3 is 2.79 bits per heavy atom. The standard InChI is InChI=1S/C13H15N/c1-10-5-6-11-3-2-4-12(7-8-14)13(11)9-10/h2-6,9H,7-8,14H2,1H3. The molecule has 2 N–H and O–H groups in total.